The lowest BCUT2D eigenvalue weighted by atomic mass is 9.82. The van der Waals surface area contributed by atoms with Crippen LogP contribution in [0.1, 0.15) is 58.1 Å². The van der Waals surface area contributed by atoms with Crippen molar-refractivity contribution in [1.29, 1.82) is 0 Å². The summed E-state index contributed by atoms with van der Waals surface area (Å²) in [6, 6.07) is 17.9. The van der Waals surface area contributed by atoms with Gasteiger partial charge in [-0.25, -0.2) is 0 Å². The Morgan fingerprint density at radius 2 is 1.52 bits per heavy atom. The van der Waals surface area contributed by atoms with Gasteiger partial charge in [0, 0.05) is 5.92 Å². The average molecular weight is 364 g/mol. The zero-order valence-corrected chi connectivity index (χ0v) is 16.9. The van der Waals surface area contributed by atoms with Crippen molar-refractivity contribution < 1.29 is 9.59 Å². The summed E-state index contributed by atoms with van der Waals surface area (Å²) in [7, 11) is 0. The molecule has 1 aliphatic heterocycles. The van der Waals surface area contributed by atoms with Gasteiger partial charge in [-0.2, -0.15) is 0 Å². The van der Waals surface area contributed by atoms with Gasteiger partial charge >= 0.3 is 0 Å². The van der Waals surface area contributed by atoms with Crippen molar-refractivity contribution >= 4 is 17.5 Å². The molecule has 2 aromatic rings. The predicted molar refractivity (Wildman–Crippen MR) is 110 cm³/mol. The second-order valence-electron chi connectivity index (χ2n) is 8.75. The molecule has 3 nitrogen and oxygen atoms in total. The quantitative estimate of drug-likeness (QED) is 0.691. The molecule has 0 saturated carbocycles. The number of benzene rings is 2. The van der Waals surface area contributed by atoms with E-state index in [-0.39, 0.29) is 35.0 Å². The molecule has 0 aromatic heterocycles. The van der Waals surface area contributed by atoms with Crippen LogP contribution < -0.4 is 4.90 Å². The van der Waals surface area contributed by atoms with Crippen molar-refractivity contribution in [2.75, 3.05) is 4.90 Å². The van der Waals surface area contributed by atoms with Crippen molar-refractivity contribution in [3.8, 4) is 0 Å². The molecule has 142 valence electrons. The zero-order valence-electron chi connectivity index (χ0n) is 16.9. The zero-order chi connectivity index (χ0) is 19.8. The molecular weight excluding hydrogens is 334 g/mol. The Morgan fingerprint density at radius 1 is 0.926 bits per heavy atom. The normalized spacial score (nSPS) is 21.6. The number of amides is 2. The van der Waals surface area contributed by atoms with Gasteiger partial charge in [-0.1, -0.05) is 77.1 Å². The van der Waals surface area contributed by atoms with Crippen LogP contribution >= 0.6 is 0 Å². The molecule has 3 heteroatoms. The molecule has 0 spiro atoms. The van der Waals surface area contributed by atoms with Gasteiger partial charge in [0.1, 0.15) is 0 Å². The van der Waals surface area contributed by atoms with Gasteiger partial charge < -0.3 is 0 Å². The maximum absolute atomic E-state index is 13.0. The Morgan fingerprint density at radius 3 is 2.07 bits per heavy atom. The van der Waals surface area contributed by atoms with Crippen molar-refractivity contribution in [2.24, 2.45) is 11.8 Å². The van der Waals surface area contributed by atoms with E-state index >= 15 is 0 Å². The maximum atomic E-state index is 13.0. The Bertz CT molecular complexity index is 818. The monoisotopic (exact) mass is 363 g/mol. The summed E-state index contributed by atoms with van der Waals surface area (Å²) < 4.78 is 0. The number of nitrogens with zero attached hydrogens (tertiary/aromatic N) is 1. The molecule has 27 heavy (non-hydrogen) atoms. The van der Waals surface area contributed by atoms with E-state index in [0.717, 1.165) is 0 Å². The standard InChI is InChI=1S/C24H29NO2/c1-16(18-11-13-19(14-12-18)24(3,4)5)15-21-17(2)22(26)25(23(21)27)20-9-7-6-8-10-20/h6-14,16-17,21H,15H2,1-5H3. The Balaban J connectivity index is 1.77. The molecule has 0 N–H and O–H groups in total. The number of rotatable bonds is 4. The third-order valence-electron chi connectivity index (χ3n) is 5.72. The number of anilines is 1. The highest BCUT2D eigenvalue weighted by Gasteiger charge is 2.45. The van der Waals surface area contributed by atoms with E-state index in [4.69, 9.17) is 0 Å². The summed E-state index contributed by atoms with van der Waals surface area (Å²) in [5, 5.41) is 0. The van der Waals surface area contributed by atoms with Crippen LogP contribution in [0.3, 0.4) is 0 Å². The SMILES string of the molecule is CC(CC1C(=O)N(c2ccccc2)C(=O)C1C)c1ccc(C(C)(C)C)cc1. The molecule has 1 heterocycles. The topological polar surface area (TPSA) is 37.4 Å². The minimum atomic E-state index is -0.283. The third-order valence-corrected chi connectivity index (χ3v) is 5.72. The Kier molecular flexibility index (Phi) is 5.23. The molecule has 0 aliphatic carbocycles. The van der Waals surface area contributed by atoms with E-state index in [1.54, 1.807) is 0 Å². The van der Waals surface area contributed by atoms with E-state index in [0.29, 0.717) is 12.1 Å². The van der Waals surface area contributed by atoms with Crippen LogP contribution in [0.4, 0.5) is 5.69 Å². The van der Waals surface area contributed by atoms with Gasteiger partial charge in [-0.3, -0.25) is 14.5 Å². The summed E-state index contributed by atoms with van der Waals surface area (Å²) in [6.07, 6.45) is 0.684. The minimum absolute atomic E-state index is 0.0724. The molecule has 3 atom stereocenters. The lowest BCUT2D eigenvalue weighted by molar-refractivity contribution is -0.122. The van der Waals surface area contributed by atoms with Crippen LogP contribution in [0.5, 0.6) is 0 Å². The highest BCUT2D eigenvalue weighted by molar-refractivity contribution is 6.21. The van der Waals surface area contributed by atoms with Gasteiger partial charge in [0.15, 0.2) is 0 Å². The smallest absolute Gasteiger partial charge is 0.237 e. The highest BCUT2D eigenvalue weighted by Crippen LogP contribution is 2.37. The fraction of sp³-hybridized carbons (Fsp3) is 0.417. The van der Waals surface area contributed by atoms with E-state index in [1.807, 2.05) is 37.3 Å². The van der Waals surface area contributed by atoms with Crippen LogP contribution in [-0.4, -0.2) is 11.8 Å². The van der Waals surface area contributed by atoms with Crippen molar-refractivity contribution in [3.63, 3.8) is 0 Å². The number of imide groups is 1. The predicted octanol–water partition coefficient (Wildman–Crippen LogP) is 5.30. The van der Waals surface area contributed by atoms with Crippen LogP contribution in [0, 0.1) is 11.8 Å². The van der Waals surface area contributed by atoms with Gasteiger partial charge in [0.05, 0.1) is 11.6 Å². The molecule has 1 fully saturated rings. The first kappa shape index (κ1) is 19.3. The Hall–Kier alpha value is -2.42. The van der Waals surface area contributed by atoms with Crippen LogP contribution in [0.2, 0.25) is 0 Å². The molecule has 1 aliphatic rings. The first-order valence-corrected chi connectivity index (χ1v) is 9.73. The average Bonchev–Trinajstić information content (AvgIpc) is 2.85. The van der Waals surface area contributed by atoms with Gasteiger partial charge in [-0.15, -0.1) is 0 Å². The van der Waals surface area contributed by atoms with Crippen molar-refractivity contribution in [2.45, 2.75) is 52.4 Å². The largest absolute Gasteiger partial charge is 0.274 e. The van der Waals surface area contributed by atoms with Crippen LogP contribution in [0.25, 0.3) is 0 Å². The van der Waals surface area contributed by atoms with Gasteiger partial charge in [0.2, 0.25) is 11.8 Å². The second-order valence-corrected chi connectivity index (χ2v) is 8.75. The van der Waals surface area contributed by atoms with E-state index < -0.39 is 0 Å². The first-order chi connectivity index (χ1) is 12.7. The number of hydrogen-bond donors (Lipinski definition) is 0. The second kappa shape index (κ2) is 7.30. The van der Waals surface area contributed by atoms with Crippen LogP contribution in [-0.2, 0) is 15.0 Å². The summed E-state index contributed by atoms with van der Waals surface area (Å²) >= 11 is 0. The number of carbonyl (C=O) groups excluding carboxylic acids is 2. The van der Waals surface area contributed by atoms with Crippen molar-refractivity contribution in [3.05, 3.63) is 65.7 Å². The highest BCUT2D eigenvalue weighted by atomic mass is 16.2. The number of hydrogen-bond acceptors (Lipinski definition) is 2. The summed E-state index contributed by atoms with van der Waals surface area (Å²) in [4.78, 5) is 27.1. The van der Waals surface area contributed by atoms with E-state index in [1.165, 1.54) is 16.0 Å². The lowest BCUT2D eigenvalue weighted by Gasteiger charge is -2.21. The summed E-state index contributed by atoms with van der Waals surface area (Å²) in [5.74, 6) is -0.494. The molecule has 2 amide bonds. The molecular formula is C24H29NO2. The summed E-state index contributed by atoms with van der Waals surface area (Å²) in [6.45, 7) is 10.6. The molecule has 0 radical (unpaired) electrons. The molecule has 3 unspecified atom stereocenters. The molecule has 0 bridgehead atoms. The number of carbonyl (C=O) groups is 2. The van der Waals surface area contributed by atoms with E-state index in [2.05, 4.69) is 52.0 Å². The molecule has 3 rings (SSSR count). The van der Waals surface area contributed by atoms with Gasteiger partial charge in [0.25, 0.3) is 0 Å². The fourth-order valence-corrected chi connectivity index (χ4v) is 3.83. The van der Waals surface area contributed by atoms with Gasteiger partial charge in [-0.05, 0) is 41.0 Å². The van der Waals surface area contributed by atoms with E-state index in [9.17, 15) is 9.59 Å². The van der Waals surface area contributed by atoms with Crippen LogP contribution in [0.15, 0.2) is 54.6 Å². The van der Waals surface area contributed by atoms with Crippen molar-refractivity contribution in [1.82, 2.24) is 0 Å². The summed E-state index contributed by atoms with van der Waals surface area (Å²) in [5.41, 5.74) is 3.31. The lowest BCUT2D eigenvalue weighted by Crippen LogP contribution is -2.30. The minimum Gasteiger partial charge on any atom is -0.274 e. The third kappa shape index (κ3) is 3.83. The number of para-hydroxylation sites is 1. The Labute approximate surface area is 162 Å². The fourth-order valence-electron chi connectivity index (χ4n) is 3.83. The first-order valence-electron chi connectivity index (χ1n) is 9.73. The maximum Gasteiger partial charge on any atom is 0.237 e. The molecule has 1 saturated heterocycles. The molecule has 2 aromatic carbocycles.